The van der Waals surface area contributed by atoms with Gasteiger partial charge in [0, 0.05) is 18.5 Å². The molecule has 7 heteroatoms. The van der Waals surface area contributed by atoms with Crippen LogP contribution in [-0.4, -0.2) is 37.8 Å². The highest BCUT2D eigenvalue weighted by Crippen LogP contribution is 2.34. The van der Waals surface area contributed by atoms with E-state index >= 15 is 0 Å². The highest BCUT2D eigenvalue weighted by molar-refractivity contribution is 7.89. The fourth-order valence-corrected chi connectivity index (χ4v) is 6.81. The van der Waals surface area contributed by atoms with E-state index in [2.05, 4.69) is 5.32 Å². The number of sulfonamides is 1. The van der Waals surface area contributed by atoms with Crippen molar-refractivity contribution in [3.05, 3.63) is 58.7 Å². The summed E-state index contributed by atoms with van der Waals surface area (Å²) < 4.78 is 34.1. The third kappa shape index (κ3) is 3.72. The van der Waals surface area contributed by atoms with Crippen LogP contribution >= 0.6 is 0 Å². The Balaban J connectivity index is 1.59. The maximum absolute atomic E-state index is 13.5. The molecule has 0 radical (unpaired) electrons. The maximum Gasteiger partial charge on any atom is 0.244 e. The van der Waals surface area contributed by atoms with Crippen LogP contribution in [0.4, 0.5) is 0 Å². The van der Waals surface area contributed by atoms with Crippen LogP contribution < -0.4 is 10.1 Å². The molecular formula is C23H28N2O4S. The summed E-state index contributed by atoms with van der Waals surface area (Å²) in [5.74, 6) is 0.538. The minimum Gasteiger partial charge on any atom is -0.493 e. The first kappa shape index (κ1) is 20.9. The molecule has 30 heavy (non-hydrogen) atoms. The molecule has 0 bridgehead atoms. The Hall–Kier alpha value is -2.38. The van der Waals surface area contributed by atoms with Crippen molar-refractivity contribution in [1.29, 1.82) is 0 Å². The zero-order valence-electron chi connectivity index (χ0n) is 17.6. The fraction of sp³-hybridized carbons (Fsp3) is 0.435. The highest BCUT2D eigenvalue weighted by atomic mass is 32.2. The fourth-order valence-electron chi connectivity index (χ4n) is 4.74. The van der Waals surface area contributed by atoms with Gasteiger partial charge in [0.05, 0.1) is 17.5 Å². The van der Waals surface area contributed by atoms with Gasteiger partial charge in [0.25, 0.3) is 0 Å². The first-order valence-electron chi connectivity index (χ1n) is 10.4. The number of fused-ring (bicyclic) bond motifs is 1. The Kier molecular flexibility index (Phi) is 5.59. The SMILES string of the molecule is Cc1cc(C)c(S(=O)(=O)N2CCCC2C(=O)NC2CCOc3ccccc32)c(C)c1. The van der Waals surface area contributed by atoms with E-state index in [9.17, 15) is 13.2 Å². The van der Waals surface area contributed by atoms with Gasteiger partial charge in [-0.15, -0.1) is 0 Å². The van der Waals surface area contributed by atoms with E-state index in [-0.39, 0.29) is 11.9 Å². The van der Waals surface area contributed by atoms with Gasteiger partial charge in [-0.3, -0.25) is 4.79 Å². The molecule has 0 aliphatic carbocycles. The molecule has 4 rings (SSSR count). The van der Waals surface area contributed by atoms with Crippen molar-refractivity contribution in [3.63, 3.8) is 0 Å². The van der Waals surface area contributed by atoms with Gasteiger partial charge in [-0.2, -0.15) is 4.31 Å². The molecule has 0 saturated carbocycles. The van der Waals surface area contributed by atoms with Gasteiger partial charge in [0.2, 0.25) is 15.9 Å². The average Bonchev–Trinajstić information content (AvgIpc) is 3.18. The molecule has 2 aromatic rings. The molecule has 2 aliphatic rings. The lowest BCUT2D eigenvalue weighted by Gasteiger charge is -2.30. The number of hydrogen-bond donors (Lipinski definition) is 1. The van der Waals surface area contributed by atoms with Crippen molar-refractivity contribution in [2.75, 3.05) is 13.2 Å². The molecule has 1 saturated heterocycles. The molecule has 2 heterocycles. The molecule has 2 atom stereocenters. The number of nitrogens with zero attached hydrogens (tertiary/aromatic N) is 1. The van der Waals surface area contributed by atoms with Gasteiger partial charge in [-0.1, -0.05) is 35.9 Å². The molecule has 1 amide bonds. The van der Waals surface area contributed by atoms with Gasteiger partial charge in [-0.25, -0.2) is 8.42 Å². The number of benzene rings is 2. The van der Waals surface area contributed by atoms with Crippen LogP contribution in [0.2, 0.25) is 0 Å². The standard InChI is InChI=1S/C23H28N2O4S/c1-15-13-16(2)22(17(3)14-15)30(27,28)25-11-6-8-20(25)23(26)24-19-10-12-29-21-9-5-4-7-18(19)21/h4-5,7,9,13-14,19-20H,6,8,10-12H2,1-3H3,(H,24,26). The molecule has 0 spiro atoms. The van der Waals surface area contributed by atoms with Gasteiger partial charge in [-0.05, 0) is 50.8 Å². The minimum absolute atomic E-state index is 0.171. The quantitative estimate of drug-likeness (QED) is 0.810. The third-order valence-electron chi connectivity index (χ3n) is 5.95. The van der Waals surface area contributed by atoms with Crippen LogP contribution in [0.1, 0.15) is 47.6 Å². The molecule has 2 unspecified atom stereocenters. The third-order valence-corrected chi connectivity index (χ3v) is 8.17. The average molecular weight is 429 g/mol. The summed E-state index contributed by atoms with van der Waals surface area (Å²) in [6.45, 7) is 6.47. The Morgan fingerprint density at radius 3 is 2.53 bits per heavy atom. The van der Waals surface area contributed by atoms with E-state index in [0.717, 1.165) is 28.0 Å². The van der Waals surface area contributed by atoms with Gasteiger partial charge < -0.3 is 10.1 Å². The van der Waals surface area contributed by atoms with Gasteiger partial charge >= 0.3 is 0 Å². The number of ether oxygens (including phenoxy) is 1. The first-order chi connectivity index (χ1) is 14.3. The smallest absolute Gasteiger partial charge is 0.244 e. The van der Waals surface area contributed by atoms with Crippen molar-refractivity contribution in [3.8, 4) is 5.75 Å². The van der Waals surface area contributed by atoms with Crippen LogP contribution in [0.5, 0.6) is 5.75 Å². The van der Waals surface area contributed by atoms with E-state index in [1.165, 1.54) is 4.31 Å². The Labute approximate surface area is 178 Å². The molecule has 0 aromatic heterocycles. The van der Waals surface area contributed by atoms with E-state index < -0.39 is 16.1 Å². The van der Waals surface area contributed by atoms with Crippen LogP contribution in [0.15, 0.2) is 41.3 Å². The second-order valence-electron chi connectivity index (χ2n) is 8.24. The zero-order chi connectivity index (χ0) is 21.5. The van der Waals surface area contributed by atoms with Crippen LogP contribution in [0, 0.1) is 20.8 Å². The molecule has 6 nitrogen and oxygen atoms in total. The van der Waals surface area contributed by atoms with Gasteiger partial charge in [0.1, 0.15) is 11.8 Å². The summed E-state index contributed by atoms with van der Waals surface area (Å²) in [6.07, 6.45) is 1.87. The summed E-state index contributed by atoms with van der Waals surface area (Å²) in [7, 11) is -3.76. The van der Waals surface area contributed by atoms with Crippen LogP contribution in [0.3, 0.4) is 0 Å². The number of nitrogens with one attached hydrogen (secondary N) is 1. The monoisotopic (exact) mass is 428 g/mol. The number of para-hydroxylation sites is 1. The predicted molar refractivity (Wildman–Crippen MR) is 115 cm³/mol. The van der Waals surface area contributed by atoms with Crippen molar-refractivity contribution in [2.45, 2.75) is 57.0 Å². The summed E-state index contributed by atoms with van der Waals surface area (Å²) in [5, 5.41) is 3.08. The van der Waals surface area contributed by atoms with Crippen molar-refractivity contribution in [2.24, 2.45) is 0 Å². The summed E-state index contributed by atoms with van der Waals surface area (Å²) in [4.78, 5) is 13.5. The largest absolute Gasteiger partial charge is 0.493 e. The Morgan fingerprint density at radius 1 is 1.10 bits per heavy atom. The lowest BCUT2D eigenvalue weighted by molar-refractivity contribution is -0.125. The first-order valence-corrected chi connectivity index (χ1v) is 11.8. The van der Waals surface area contributed by atoms with Crippen molar-refractivity contribution < 1.29 is 17.9 Å². The van der Waals surface area contributed by atoms with E-state index in [1.807, 2.05) is 57.2 Å². The minimum atomic E-state index is -3.76. The molecule has 1 N–H and O–H groups in total. The second kappa shape index (κ2) is 8.04. The van der Waals surface area contributed by atoms with Crippen molar-refractivity contribution >= 4 is 15.9 Å². The molecule has 160 valence electrons. The molecule has 1 fully saturated rings. The Morgan fingerprint density at radius 2 is 1.80 bits per heavy atom. The molecule has 2 aliphatic heterocycles. The van der Waals surface area contributed by atoms with Crippen molar-refractivity contribution in [1.82, 2.24) is 9.62 Å². The van der Waals surface area contributed by atoms with Gasteiger partial charge in [0.15, 0.2) is 0 Å². The molecular weight excluding hydrogens is 400 g/mol. The lowest BCUT2D eigenvalue weighted by atomic mass is 10.00. The summed E-state index contributed by atoms with van der Waals surface area (Å²) in [6, 6.07) is 10.6. The number of carbonyl (C=O) groups is 1. The van der Waals surface area contributed by atoms with E-state index in [4.69, 9.17) is 4.74 Å². The van der Waals surface area contributed by atoms with E-state index in [1.54, 1.807) is 0 Å². The number of rotatable bonds is 4. The number of aryl methyl sites for hydroxylation is 3. The summed E-state index contributed by atoms with van der Waals surface area (Å²) >= 11 is 0. The van der Waals surface area contributed by atoms with E-state index in [0.29, 0.717) is 37.3 Å². The maximum atomic E-state index is 13.5. The topological polar surface area (TPSA) is 75.7 Å². The number of amides is 1. The number of carbonyl (C=O) groups excluding carboxylic acids is 1. The lowest BCUT2D eigenvalue weighted by Crippen LogP contribution is -2.47. The highest BCUT2D eigenvalue weighted by Gasteiger charge is 2.41. The predicted octanol–water partition coefficient (Wildman–Crippen LogP) is 3.40. The summed E-state index contributed by atoms with van der Waals surface area (Å²) in [5.41, 5.74) is 3.40. The van der Waals surface area contributed by atoms with Crippen LogP contribution in [-0.2, 0) is 14.8 Å². The number of hydrogen-bond acceptors (Lipinski definition) is 4. The molecule has 2 aromatic carbocycles. The normalized spacial score (nSPS) is 21.7. The Bertz CT molecular complexity index is 1060. The zero-order valence-corrected chi connectivity index (χ0v) is 18.5. The second-order valence-corrected chi connectivity index (χ2v) is 10.1. The van der Waals surface area contributed by atoms with Crippen LogP contribution in [0.25, 0.3) is 0 Å².